The van der Waals surface area contributed by atoms with E-state index in [2.05, 4.69) is 4.98 Å². The molecule has 1 unspecified atom stereocenters. The predicted molar refractivity (Wildman–Crippen MR) is 63.6 cm³/mol. The number of carbonyl (C=O) groups is 1. The molecule has 0 amide bonds. The van der Waals surface area contributed by atoms with Gasteiger partial charge >= 0.3 is 0 Å². The van der Waals surface area contributed by atoms with Crippen molar-refractivity contribution in [1.29, 1.82) is 0 Å². The highest BCUT2D eigenvalue weighted by Gasteiger charge is 2.18. The summed E-state index contributed by atoms with van der Waals surface area (Å²) in [4.78, 5) is 15.9. The zero-order valence-electron chi connectivity index (χ0n) is 8.51. The van der Waals surface area contributed by atoms with E-state index in [1.807, 2.05) is 18.2 Å². The fourth-order valence-electron chi connectivity index (χ4n) is 1.43. The van der Waals surface area contributed by atoms with Gasteiger partial charge in [-0.15, -0.1) is 11.6 Å². The van der Waals surface area contributed by atoms with E-state index in [1.165, 1.54) is 0 Å². The molecule has 1 aromatic carbocycles. The van der Waals surface area contributed by atoms with Gasteiger partial charge in [-0.2, -0.15) is 0 Å². The monoisotopic (exact) mass is 231 g/mol. The molecule has 1 aromatic heterocycles. The number of pyridine rings is 1. The van der Waals surface area contributed by atoms with Crippen LogP contribution in [0, 0.1) is 0 Å². The SMILES string of the molecule is O=C(c1ccccc1)C(Cl)c1ccncc1. The molecular weight excluding hydrogens is 222 g/mol. The first-order valence-electron chi connectivity index (χ1n) is 4.92. The number of hydrogen-bond acceptors (Lipinski definition) is 2. The van der Waals surface area contributed by atoms with Crippen molar-refractivity contribution in [3.8, 4) is 0 Å². The number of nitrogens with zero attached hydrogens (tertiary/aromatic N) is 1. The number of rotatable bonds is 3. The van der Waals surface area contributed by atoms with Gasteiger partial charge in [0.05, 0.1) is 0 Å². The van der Waals surface area contributed by atoms with E-state index in [-0.39, 0.29) is 5.78 Å². The molecule has 16 heavy (non-hydrogen) atoms. The van der Waals surface area contributed by atoms with Gasteiger partial charge < -0.3 is 0 Å². The minimum absolute atomic E-state index is 0.0894. The quantitative estimate of drug-likeness (QED) is 0.600. The number of benzene rings is 1. The van der Waals surface area contributed by atoms with E-state index in [1.54, 1.807) is 36.7 Å². The third-order valence-corrected chi connectivity index (χ3v) is 2.74. The molecule has 0 bridgehead atoms. The molecule has 0 aliphatic carbocycles. The number of alkyl halides is 1. The van der Waals surface area contributed by atoms with Gasteiger partial charge in [0.15, 0.2) is 5.78 Å². The van der Waals surface area contributed by atoms with Crippen LogP contribution in [0.15, 0.2) is 54.9 Å². The van der Waals surface area contributed by atoms with Crippen molar-refractivity contribution in [2.45, 2.75) is 5.38 Å². The first kappa shape index (κ1) is 10.8. The van der Waals surface area contributed by atoms with Gasteiger partial charge in [0.25, 0.3) is 0 Å². The van der Waals surface area contributed by atoms with Crippen LogP contribution in [0.2, 0.25) is 0 Å². The lowest BCUT2D eigenvalue weighted by Gasteiger charge is -2.08. The van der Waals surface area contributed by atoms with E-state index < -0.39 is 5.38 Å². The number of ketones is 1. The largest absolute Gasteiger partial charge is 0.292 e. The number of aromatic nitrogens is 1. The maximum Gasteiger partial charge on any atom is 0.185 e. The van der Waals surface area contributed by atoms with Crippen LogP contribution < -0.4 is 0 Å². The Bertz CT molecular complexity index is 470. The molecule has 2 nitrogen and oxygen atoms in total. The lowest BCUT2D eigenvalue weighted by molar-refractivity contribution is 0.0987. The van der Waals surface area contributed by atoms with Gasteiger partial charge in [-0.3, -0.25) is 9.78 Å². The molecule has 2 rings (SSSR count). The summed E-state index contributed by atoms with van der Waals surface area (Å²) in [5.41, 5.74) is 1.39. The fraction of sp³-hybridized carbons (Fsp3) is 0.0769. The lowest BCUT2D eigenvalue weighted by atomic mass is 10.0. The molecule has 0 radical (unpaired) electrons. The van der Waals surface area contributed by atoms with E-state index in [9.17, 15) is 4.79 Å². The van der Waals surface area contributed by atoms with Crippen LogP contribution in [0.25, 0.3) is 0 Å². The van der Waals surface area contributed by atoms with Gasteiger partial charge in [-0.1, -0.05) is 30.3 Å². The number of carbonyl (C=O) groups excluding carboxylic acids is 1. The summed E-state index contributed by atoms with van der Waals surface area (Å²) in [5.74, 6) is -0.0894. The Morgan fingerprint density at radius 2 is 1.69 bits per heavy atom. The highest BCUT2D eigenvalue weighted by Crippen LogP contribution is 2.24. The van der Waals surface area contributed by atoms with Crippen molar-refractivity contribution in [1.82, 2.24) is 4.98 Å². The zero-order chi connectivity index (χ0) is 11.4. The van der Waals surface area contributed by atoms with Crippen LogP contribution in [0.5, 0.6) is 0 Å². The first-order valence-corrected chi connectivity index (χ1v) is 5.36. The Hall–Kier alpha value is -1.67. The summed E-state index contributed by atoms with van der Waals surface area (Å²) >= 11 is 6.11. The van der Waals surface area contributed by atoms with Crippen LogP contribution in [-0.2, 0) is 0 Å². The number of hydrogen-bond donors (Lipinski definition) is 0. The minimum atomic E-state index is -0.648. The van der Waals surface area contributed by atoms with Gasteiger partial charge in [0, 0.05) is 18.0 Å². The zero-order valence-corrected chi connectivity index (χ0v) is 9.26. The summed E-state index contributed by atoms with van der Waals surface area (Å²) in [5, 5.41) is -0.648. The summed E-state index contributed by atoms with van der Waals surface area (Å²) < 4.78 is 0. The molecule has 1 heterocycles. The van der Waals surface area contributed by atoms with Crippen LogP contribution in [0.3, 0.4) is 0 Å². The second-order valence-corrected chi connectivity index (χ2v) is 3.81. The summed E-state index contributed by atoms with van der Waals surface area (Å²) in [6.07, 6.45) is 3.26. The Morgan fingerprint density at radius 3 is 2.31 bits per heavy atom. The lowest BCUT2D eigenvalue weighted by Crippen LogP contribution is -2.07. The second-order valence-electron chi connectivity index (χ2n) is 3.37. The van der Waals surface area contributed by atoms with Crippen molar-refractivity contribution in [3.05, 3.63) is 66.0 Å². The van der Waals surface area contributed by atoms with E-state index in [4.69, 9.17) is 11.6 Å². The Labute approximate surface area is 98.9 Å². The summed E-state index contributed by atoms with van der Waals surface area (Å²) in [7, 11) is 0. The molecule has 0 aliphatic heterocycles. The van der Waals surface area contributed by atoms with Crippen LogP contribution >= 0.6 is 11.6 Å². The smallest absolute Gasteiger partial charge is 0.185 e. The molecule has 0 N–H and O–H groups in total. The Kier molecular flexibility index (Phi) is 3.32. The molecule has 0 fully saturated rings. The maximum atomic E-state index is 12.0. The standard InChI is InChI=1S/C13H10ClNO/c14-12(10-6-8-15-9-7-10)13(16)11-4-2-1-3-5-11/h1-9,12H. The number of Topliss-reactive ketones (excluding diaryl/α,β-unsaturated/α-hetero) is 1. The first-order chi connectivity index (χ1) is 7.79. The van der Waals surface area contributed by atoms with Crippen molar-refractivity contribution in [2.75, 3.05) is 0 Å². The molecule has 2 aromatic rings. The fourth-order valence-corrected chi connectivity index (χ4v) is 1.70. The van der Waals surface area contributed by atoms with Crippen LogP contribution in [0.4, 0.5) is 0 Å². The maximum absolute atomic E-state index is 12.0. The molecule has 0 aliphatic rings. The summed E-state index contributed by atoms with van der Waals surface area (Å²) in [6.45, 7) is 0. The topological polar surface area (TPSA) is 30.0 Å². The highest BCUT2D eigenvalue weighted by atomic mass is 35.5. The average molecular weight is 232 g/mol. The van der Waals surface area contributed by atoms with E-state index >= 15 is 0 Å². The van der Waals surface area contributed by atoms with Crippen molar-refractivity contribution >= 4 is 17.4 Å². The molecule has 80 valence electrons. The molecular formula is C13H10ClNO. The van der Waals surface area contributed by atoms with Crippen molar-refractivity contribution in [3.63, 3.8) is 0 Å². The van der Waals surface area contributed by atoms with E-state index in [0.717, 1.165) is 5.56 Å². The molecule has 1 atom stereocenters. The third kappa shape index (κ3) is 2.28. The van der Waals surface area contributed by atoms with E-state index in [0.29, 0.717) is 5.56 Å². The van der Waals surface area contributed by atoms with Gasteiger partial charge in [0.2, 0.25) is 0 Å². The highest BCUT2D eigenvalue weighted by molar-refractivity contribution is 6.33. The third-order valence-electron chi connectivity index (χ3n) is 2.29. The molecule has 0 spiro atoms. The average Bonchev–Trinajstić information content (AvgIpc) is 2.39. The van der Waals surface area contributed by atoms with Gasteiger partial charge in [-0.05, 0) is 17.7 Å². The molecule has 0 saturated heterocycles. The predicted octanol–water partition coefficient (Wildman–Crippen LogP) is 3.24. The van der Waals surface area contributed by atoms with Gasteiger partial charge in [0.1, 0.15) is 5.38 Å². The van der Waals surface area contributed by atoms with Crippen LogP contribution in [-0.4, -0.2) is 10.8 Å². The number of halogens is 1. The Balaban J connectivity index is 2.24. The Morgan fingerprint density at radius 1 is 1.06 bits per heavy atom. The van der Waals surface area contributed by atoms with Crippen molar-refractivity contribution < 1.29 is 4.79 Å². The normalized spacial score (nSPS) is 12.1. The van der Waals surface area contributed by atoms with Crippen LogP contribution in [0.1, 0.15) is 21.3 Å². The van der Waals surface area contributed by atoms with Crippen molar-refractivity contribution in [2.24, 2.45) is 0 Å². The molecule has 3 heteroatoms. The van der Waals surface area contributed by atoms with Gasteiger partial charge in [-0.25, -0.2) is 0 Å². The summed E-state index contributed by atoms with van der Waals surface area (Å²) in [6, 6.07) is 12.5. The minimum Gasteiger partial charge on any atom is -0.292 e. The molecule has 0 saturated carbocycles. The second kappa shape index (κ2) is 4.90.